The van der Waals surface area contributed by atoms with E-state index in [1.807, 2.05) is 24.3 Å². The van der Waals surface area contributed by atoms with Crippen LogP contribution in [0.25, 0.3) is 0 Å². The smallest absolute Gasteiger partial charge is 0.360 e. The first kappa shape index (κ1) is 13.8. The van der Waals surface area contributed by atoms with Gasteiger partial charge in [-0.15, -0.1) is 5.10 Å². The molecule has 0 unspecified atom stereocenters. The number of ether oxygens (including phenoxy) is 1. The molecule has 2 rings (SSSR count). The molecule has 0 spiro atoms. The number of esters is 1. The van der Waals surface area contributed by atoms with E-state index in [1.54, 1.807) is 13.8 Å². The second kappa shape index (κ2) is 6.00. The van der Waals surface area contributed by atoms with E-state index >= 15 is 0 Å². The summed E-state index contributed by atoms with van der Waals surface area (Å²) in [6.07, 6.45) is 0. The zero-order valence-corrected chi connectivity index (χ0v) is 12.7. The van der Waals surface area contributed by atoms with E-state index in [4.69, 9.17) is 4.74 Å². The monoisotopic (exact) mass is 372 g/mol. The molecule has 6 nitrogen and oxygen atoms in total. The molecule has 7 heteroatoms. The number of anilines is 1. The van der Waals surface area contributed by atoms with E-state index < -0.39 is 5.97 Å². The van der Waals surface area contributed by atoms with Gasteiger partial charge in [0, 0.05) is 3.57 Å². The minimum absolute atomic E-state index is 0.222. The third kappa shape index (κ3) is 3.22. The van der Waals surface area contributed by atoms with Gasteiger partial charge in [0.05, 0.1) is 18.0 Å². The Hall–Kier alpha value is -1.64. The van der Waals surface area contributed by atoms with Crippen molar-refractivity contribution >= 4 is 34.2 Å². The summed E-state index contributed by atoms with van der Waals surface area (Å²) in [4.78, 5) is 13.1. The average molecular weight is 372 g/mol. The van der Waals surface area contributed by atoms with Gasteiger partial charge in [-0.05, 0) is 65.9 Å². The van der Waals surface area contributed by atoms with Crippen LogP contribution in [0.2, 0.25) is 0 Å². The molecule has 0 aliphatic rings. The standard InChI is InChI=1S/C12H13IN4O2/c1-3-19-12(18)11-8(2)17(16-14-11)15-10-6-4-9(13)5-7-10/h4-7,15H,3H2,1-2H3. The summed E-state index contributed by atoms with van der Waals surface area (Å²) in [5, 5.41) is 7.71. The minimum atomic E-state index is -0.462. The molecule has 1 aromatic heterocycles. The lowest BCUT2D eigenvalue weighted by Crippen LogP contribution is -2.14. The van der Waals surface area contributed by atoms with Gasteiger partial charge in [0.2, 0.25) is 0 Å². The van der Waals surface area contributed by atoms with Crippen LogP contribution in [0.3, 0.4) is 0 Å². The van der Waals surface area contributed by atoms with Crippen LogP contribution in [0.1, 0.15) is 23.1 Å². The van der Waals surface area contributed by atoms with Gasteiger partial charge in [-0.1, -0.05) is 0 Å². The molecular formula is C12H13IN4O2. The highest BCUT2D eigenvalue weighted by atomic mass is 127. The first-order chi connectivity index (χ1) is 9.11. The predicted molar refractivity (Wildman–Crippen MR) is 78.9 cm³/mol. The maximum atomic E-state index is 11.6. The molecule has 0 atom stereocenters. The fourth-order valence-corrected chi connectivity index (χ4v) is 1.83. The number of rotatable bonds is 4. The predicted octanol–water partition coefficient (Wildman–Crippen LogP) is 2.24. The molecule has 0 saturated carbocycles. The number of carbonyl (C=O) groups is 1. The number of halogens is 1. The fraction of sp³-hybridized carbons (Fsp3) is 0.250. The SMILES string of the molecule is CCOC(=O)c1nnn(Nc2ccc(I)cc2)c1C. The molecule has 0 aliphatic carbocycles. The third-order valence-electron chi connectivity index (χ3n) is 2.44. The molecule has 1 N–H and O–H groups in total. The summed E-state index contributed by atoms with van der Waals surface area (Å²) in [6, 6.07) is 7.79. The molecule has 2 aromatic rings. The Labute approximate surface area is 124 Å². The van der Waals surface area contributed by atoms with Gasteiger partial charge in [0.1, 0.15) is 0 Å². The molecule has 0 saturated heterocycles. The van der Waals surface area contributed by atoms with E-state index in [2.05, 4.69) is 38.3 Å². The van der Waals surface area contributed by atoms with E-state index in [9.17, 15) is 4.79 Å². The van der Waals surface area contributed by atoms with Crippen molar-refractivity contribution in [1.82, 2.24) is 15.1 Å². The van der Waals surface area contributed by atoms with Gasteiger partial charge in [-0.3, -0.25) is 5.43 Å². The molecule has 0 amide bonds. The summed E-state index contributed by atoms with van der Waals surface area (Å²) in [5.74, 6) is -0.462. The second-order valence-electron chi connectivity index (χ2n) is 3.77. The van der Waals surface area contributed by atoms with Crippen LogP contribution in [0.4, 0.5) is 5.69 Å². The molecule has 0 fully saturated rings. The normalized spacial score (nSPS) is 10.3. The summed E-state index contributed by atoms with van der Waals surface area (Å²) in [5.41, 5.74) is 4.74. The number of aromatic nitrogens is 3. The summed E-state index contributed by atoms with van der Waals surface area (Å²) in [6.45, 7) is 3.82. The second-order valence-corrected chi connectivity index (χ2v) is 5.02. The topological polar surface area (TPSA) is 69.0 Å². The number of nitrogens with one attached hydrogen (secondary N) is 1. The quantitative estimate of drug-likeness (QED) is 0.659. The Morgan fingerprint density at radius 1 is 1.42 bits per heavy atom. The molecule has 0 bridgehead atoms. The van der Waals surface area contributed by atoms with Gasteiger partial charge in [0.25, 0.3) is 0 Å². The van der Waals surface area contributed by atoms with E-state index in [-0.39, 0.29) is 5.69 Å². The van der Waals surface area contributed by atoms with Crippen molar-refractivity contribution in [2.75, 3.05) is 12.0 Å². The zero-order chi connectivity index (χ0) is 13.8. The molecule has 0 aliphatic heterocycles. The Kier molecular flexibility index (Phi) is 4.35. The van der Waals surface area contributed by atoms with Crippen molar-refractivity contribution in [2.24, 2.45) is 0 Å². The van der Waals surface area contributed by atoms with Crippen LogP contribution in [0.5, 0.6) is 0 Å². The van der Waals surface area contributed by atoms with Gasteiger partial charge in [0.15, 0.2) is 5.69 Å². The van der Waals surface area contributed by atoms with E-state index in [1.165, 1.54) is 4.79 Å². The fourth-order valence-electron chi connectivity index (χ4n) is 1.47. The van der Waals surface area contributed by atoms with Gasteiger partial charge >= 0.3 is 5.97 Å². The Morgan fingerprint density at radius 2 is 2.11 bits per heavy atom. The first-order valence-corrected chi connectivity index (χ1v) is 6.81. The molecule has 1 heterocycles. The number of nitrogens with zero attached hydrogens (tertiary/aromatic N) is 3. The van der Waals surface area contributed by atoms with Crippen molar-refractivity contribution in [1.29, 1.82) is 0 Å². The number of benzene rings is 1. The molecule has 19 heavy (non-hydrogen) atoms. The zero-order valence-electron chi connectivity index (χ0n) is 10.6. The molecule has 100 valence electrons. The van der Waals surface area contributed by atoms with E-state index in [0.717, 1.165) is 9.26 Å². The summed E-state index contributed by atoms with van der Waals surface area (Å²) < 4.78 is 6.05. The van der Waals surface area contributed by atoms with Crippen LogP contribution in [0, 0.1) is 10.5 Å². The van der Waals surface area contributed by atoms with Crippen molar-refractivity contribution in [3.63, 3.8) is 0 Å². The highest BCUT2D eigenvalue weighted by molar-refractivity contribution is 14.1. The van der Waals surface area contributed by atoms with Crippen LogP contribution in [-0.4, -0.2) is 27.7 Å². The van der Waals surface area contributed by atoms with Crippen molar-refractivity contribution in [2.45, 2.75) is 13.8 Å². The Bertz CT molecular complexity index is 580. The lowest BCUT2D eigenvalue weighted by molar-refractivity contribution is 0.0518. The van der Waals surface area contributed by atoms with Crippen LogP contribution in [-0.2, 0) is 4.74 Å². The van der Waals surface area contributed by atoms with Gasteiger partial charge < -0.3 is 4.74 Å². The van der Waals surface area contributed by atoms with Crippen molar-refractivity contribution < 1.29 is 9.53 Å². The van der Waals surface area contributed by atoms with Crippen molar-refractivity contribution in [3.8, 4) is 0 Å². The lowest BCUT2D eigenvalue weighted by atomic mass is 10.3. The van der Waals surface area contributed by atoms with E-state index in [0.29, 0.717) is 12.3 Å². The van der Waals surface area contributed by atoms with Crippen LogP contribution >= 0.6 is 22.6 Å². The maximum absolute atomic E-state index is 11.6. The number of hydrogen-bond donors (Lipinski definition) is 1. The van der Waals surface area contributed by atoms with Crippen LogP contribution in [0.15, 0.2) is 24.3 Å². The first-order valence-electron chi connectivity index (χ1n) is 5.74. The molecule has 1 aromatic carbocycles. The Balaban J connectivity index is 2.18. The minimum Gasteiger partial charge on any atom is -0.461 e. The van der Waals surface area contributed by atoms with Crippen molar-refractivity contribution in [3.05, 3.63) is 39.2 Å². The highest BCUT2D eigenvalue weighted by Crippen LogP contribution is 2.12. The maximum Gasteiger partial charge on any atom is 0.360 e. The van der Waals surface area contributed by atoms with Gasteiger partial charge in [-0.2, -0.15) is 4.79 Å². The molecule has 0 radical (unpaired) electrons. The number of hydrogen-bond acceptors (Lipinski definition) is 5. The lowest BCUT2D eigenvalue weighted by Gasteiger charge is -2.07. The van der Waals surface area contributed by atoms with Gasteiger partial charge in [-0.25, -0.2) is 4.79 Å². The third-order valence-corrected chi connectivity index (χ3v) is 3.16. The largest absolute Gasteiger partial charge is 0.461 e. The summed E-state index contributed by atoms with van der Waals surface area (Å²) >= 11 is 2.23. The molecular weight excluding hydrogens is 359 g/mol. The number of carbonyl (C=O) groups excluding carboxylic acids is 1. The Morgan fingerprint density at radius 3 is 2.74 bits per heavy atom. The summed E-state index contributed by atoms with van der Waals surface area (Å²) in [7, 11) is 0. The average Bonchev–Trinajstić information content (AvgIpc) is 2.74. The van der Waals surface area contributed by atoms with Crippen LogP contribution < -0.4 is 5.43 Å². The highest BCUT2D eigenvalue weighted by Gasteiger charge is 2.17.